The summed E-state index contributed by atoms with van der Waals surface area (Å²) < 4.78 is 5.73. The van der Waals surface area contributed by atoms with Gasteiger partial charge in [-0.05, 0) is 42.5 Å². The summed E-state index contributed by atoms with van der Waals surface area (Å²) in [6, 6.07) is 8.47. The van der Waals surface area contributed by atoms with Crippen LogP contribution in [-0.4, -0.2) is 13.2 Å². The van der Waals surface area contributed by atoms with Gasteiger partial charge in [0, 0.05) is 6.54 Å². The molecule has 1 aromatic rings. The van der Waals surface area contributed by atoms with Gasteiger partial charge in [0.25, 0.3) is 0 Å². The molecule has 0 aromatic heterocycles. The van der Waals surface area contributed by atoms with E-state index in [4.69, 9.17) is 4.74 Å². The number of hydrogen-bond acceptors (Lipinski definition) is 2. The minimum atomic E-state index is 0.704. The minimum Gasteiger partial charge on any atom is -0.494 e. The van der Waals surface area contributed by atoms with Crippen molar-refractivity contribution in [1.29, 1.82) is 0 Å². The van der Waals surface area contributed by atoms with E-state index < -0.39 is 0 Å². The van der Waals surface area contributed by atoms with Crippen LogP contribution in [0.3, 0.4) is 0 Å². The van der Waals surface area contributed by atoms with Gasteiger partial charge in [0.1, 0.15) is 5.75 Å². The second-order valence-corrected chi connectivity index (χ2v) is 5.75. The molecule has 1 fully saturated rings. The monoisotopic (exact) mass is 247 g/mol. The summed E-state index contributed by atoms with van der Waals surface area (Å²) >= 11 is 0. The van der Waals surface area contributed by atoms with Crippen molar-refractivity contribution in [3.8, 4) is 5.75 Å². The Balaban J connectivity index is 1.67. The smallest absolute Gasteiger partial charge is 0.119 e. The SMILES string of the molecule is CC(C)CNCc1ccc(OCCC2CC2)cc1. The fraction of sp³-hybridized carbons (Fsp3) is 0.625. The van der Waals surface area contributed by atoms with E-state index in [-0.39, 0.29) is 0 Å². The Kier molecular flexibility index (Phi) is 5.06. The summed E-state index contributed by atoms with van der Waals surface area (Å²) in [4.78, 5) is 0. The molecular formula is C16H25NO. The zero-order chi connectivity index (χ0) is 12.8. The van der Waals surface area contributed by atoms with E-state index >= 15 is 0 Å². The van der Waals surface area contributed by atoms with Gasteiger partial charge in [-0.2, -0.15) is 0 Å². The molecule has 18 heavy (non-hydrogen) atoms. The zero-order valence-corrected chi connectivity index (χ0v) is 11.6. The molecule has 0 aliphatic heterocycles. The molecule has 1 N–H and O–H groups in total. The molecule has 0 unspecified atom stereocenters. The standard InChI is InChI=1S/C16H25NO/c1-13(2)11-17-12-15-5-7-16(8-6-15)18-10-9-14-3-4-14/h5-8,13-14,17H,3-4,9-12H2,1-2H3. The lowest BCUT2D eigenvalue weighted by Crippen LogP contribution is -2.18. The normalized spacial score (nSPS) is 15.1. The van der Waals surface area contributed by atoms with Gasteiger partial charge in [-0.25, -0.2) is 0 Å². The number of hydrogen-bond donors (Lipinski definition) is 1. The molecule has 1 aliphatic rings. The lowest BCUT2D eigenvalue weighted by molar-refractivity contribution is 0.302. The fourth-order valence-corrected chi connectivity index (χ4v) is 1.96. The quantitative estimate of drug-likeness (QED) is 0.757. The predicted molar refractivity (Wildman–Crippen MR) is 75.8 cm³/mol. The molecule has 0 atom stereocenters. The summed E-state index contributed by atoms with van der Waals surface area (Å²) in [5, 5.41) is 3.45. The first-order valence-corrected chi connectivity index (χ1v) is 7.16. The van der Waals surface area contributed by atoms with Crippen molar-refractivity contribution in [2.24, 2.45) is 11.8 Å². The molecule has 1 saturated carbocycles. The molecule has 2 nitrogen and oxygen atoms in total. The molecule has 0 saturated heterocycles. The number of ether oxygens (including phenoxy) is 1. The molecule has 100 valence electrons. The van der Waals surface area contributed by atoms with Gasteiger partial charge in [-0.3, -0.25) is 0 Å². The zero-order valence-electron chi connectivity index (χ0n) is 11.6. The van der Waals surface area contributed by atoms with Crippen molar-refractivity contribution in [3.05, 3.63) is 29.8 Å². The lowest BCUT2D eigenvalue weighted by atomic mass is 10.2. The van der Waals surface area contributed by atoms with E-state index in [0.29, 0.717) is 5.92 Å². The number of nitrogens with one attached hydrogen (secondary N) is 1. The largest absolute Gasteiger partial charge is 0.494 e. The first kappa shape index (κ1) is 13.4. The fourth-order valence-electron chi connectivity index (χ4n) is 1.96. The summed E-state index contributed by atoms with van der Waals surface area (Å²) in [6.45, 7) is 7.34. The average molecular weight is 247 g/mol. The van der Waals surface area contributed by atoms with E-state index in [2.05, 4.69) is 43.4 Å². The van der Waals surface area contributed by atoms with Crippen LogP contribution < -0.4 is 10.1 Å². The molecule has 0 radical (unpaired) electrons. The van der Waals surface area contributed by atoms with Crippen LogP contribution in [0.5, 0.6) is 5.75 Å². The Hall–Kier alpha value is -1.02. The van der Waals surface area contributed by atoms with Crippen LogP contribution in [0.15, 0.2) is 24.3 Å². The van der Waals surface area contributed by atoms with Crippen molar-refractivity contribution in [3.63, 3.8) is 0 Å². The van der Waals surface area contributed by atoms with Gasteiger partial charge in [-0.15, -0.1) is 0 Å². The second kappa shape index (κ2) is 6.79. The summed E-state index contributed by atoms with van der Waals surface area (Å²) in [5.74, 6) is 2.66. The third kappa shape index (κ3) is 5.09. The topological polar surface area (TPSA) is 21.3 Å². The second-order valence-electron chi connectivity index (χ2n) is 5.75. The lowest BCUT2D eigenvalue weighted by Gasteiger charge is -2.09. The van der Waals surface area contributed by atoms with Gasteiger partial charge in [0.15, 0.2) is 0 Å². The van der Waals surface area contributed by atoms with Crippen LogP contribution in [-0.2, 0) is 6.54 Å². The maximum atomic E-state index is 5.73. The van der Waals surface area contributed by atoms with Gasteiger partial charge in [-0.1, -0.05) is 38.8 Å². The Labute approximate surface area is 111 Å². The highest BCUT2D eigenvalue weighted by Gasteiger charge is 2.20. The molecule has 1 aromatic carbocycles. The Morgan fingerprint density at radius 2 is 1.94 bits per heavy atom. The van der Waals surface area contributed by atoms with Gasteiger partial charge in [0.2, 0.25) is 0 Å². The highest BCUT2D eigenvalue weighted by atomic mass is 16.5. The first-order valence-electron chi connectivity index (χ1n) is 7.16. The molecule has 0 spiro atoms. The van der Waals surface area contributed by atoms with Crippen LogP contribution in [0.4, 0.5) is 0 Å². The van der Waals surface area contributed by atoms with Crippen molar-refractivity contribution in [1.82, 2.24) is 5.32 Å². The summed E-state index contributed by atoms with van der Waals surface area (Å²) in [5.41, 5.74) is 1.32. The van der Waals surface area contributed by atoms with Crippen LogP contribution in [0.2, 0.25) is 0 Å². The number of benzene rings is 1. The van der Waals surface area contributed by atoms with Gasteiger partial charge in [0.05, 0.1) is 6.61 Å². The summed E-state index contributed by atoms with van der Waals surface area (Å²) in [7, 11) is 0. The molecule has 2 rings (SSSR count). The Morgan fingerprint density at radius 3 is 2.56 bits per heavy atom. The van der Waals surface area contributed by atoms with Gasteiger partial charge < -0.3 is 10.1 Å². The van der Waals surface area contributed by atoms with Gasteiger partial charge >= 0.3 is 0 Å². The Morgan fingerprint density at radius 1 is 1.22 bits per heavy atom. The molecule has 0 heterocycles. The van der Waals surface area contributed by atoms with Crippen molar-refractivity contribution < 1.29 is 4.74 Å². The molecule has 2 heteroatoms. The van der Waals surface area contributed by atoms with E-state index in [1.165, 1.54) is 24.8 Å². The van der Waals surface area contributed by atoms with E-state index in [1.807, 2.05) is 0 Å². The predicted octanol–water partition coefficient (Wildman–Crippen LogP) is 3.61. The van der Waals surface area contributed by atoms with Crippen LogP contribution in [0.25, 0.3) is 0 Å². The Bertz CT molecular complexity index is 314. The highest BCUT2D eigenvalue weighted by molar-refractivity contribution is 5.27. The highest BCUT2D eigenvalue weighted by Crippen LogP contribution is 2.32. The molecule has 0 amide bonds. The van der Waals surface area contributed by atoms with E-state index in [0.717, 1.165) is 31.4 Å². The number of rotatable bonds is 8. The molecular weight excluding hydrogens is 222 g/mol. The van der Waals surface area contributed by atoms with Crippen molar-refractivity contribution in [2.45, 2.75) is 39.7 Å². The maximum Gasteiger partial charge on any atom is 0.119 e. The third-order valence-electron chi connectivity index (χ3n) is 3.30. The molecule has 0 bridgehead atoms. The minimum absolute atomic E-state index is 0.704. The van der Waals surface area contributed by atoms with Crippen molar-refractivity contribution >= 4 is 0 Å². The van der Waals surface area contributed by atoms with Crippen molar-refractivity contribution in [2.75, 3.05) is 13.2 Å². The first-order chi connectivity index (χ1) is 8.74. The van der Waals surface area contributed by atoms with Crippen LogP contribution in [0.1, 0.15) is 38.7 Å². The maximum absolute atomic E-state index is 5.73. The van der Waals surface area contributed by atoms with Crippen LogP contribution >= 0.6 is 0 Å². The van der Waals surface area contributed by atoms with Crippen LogP contribution in [0, 0.1) is 11.8 Å². The van der Waals surface area contributed by atoms with E-state index in [1.54, 1.807) is 0 Å². The summed E-state index contributed by atoms with van der Waals surface area (Å²) in [6.07, 6.45) is 4.03. The third-order valence-corrected chi connectivity index (χ3v) is 3.30. The molecule has 1 aliphatic carbocycles. The van der Waals surface area contributed by atoms with E-state index in [9.17, 15) is 0 Å². The average Bonchev–Trinajstić information content (AvgIpc) is 3.15.